The Labute approximate surface area is 120 Å². The number of carbonyl (C=O) groups is 1. The van der Waals surface area contributed by atoms with Crippen molar-refractivity contribution in [2.24, 2.45) is 0 Å². The molecule has 0 bridgehead atoms. The minimum Gasteiger partial charge on any atom is -0.393 e. The van der Waals surface area contributed by atoms with Gasteiger partial charge in [0, 0.05) is 12.1 Å². The Kier molecular flexibility index (Phi) is 4.77. The Morgan fingerprint density at radius 3 is 2.50 bits per heavy atom. The van der Waals surface area contributed by atoms with Crippen molar-refractivity contribution in [3.05, 3.63) is 28.8 Å². The van der Waals surface area contributed by atoms with E-state index in [0.717, 1.165) is 6.07 Å². The molecule has 0 aliphatic heterocycles. The summed E-state index contributed by atoms with van der Waals surface area (Å²) < 4.78 is 26.4. The third kappa shape index (κ3) is 3.80. The Balaban J connectivity index is 1.95. The van der Waals surface area contributed by atoms with E-state index in [1.807, 2.05) is 0 Å². The lowest BCUT2D eigenvalue weighted by molar-refractivity contribution is 0.118. The molecule has 0 heterocycles. The maximum atomic E-state index is 13.5. The van der Waals surface area contributed by atoms with Gasteiger partial charge >= 0.3 is 6.03 Å². The van der Waals surface area contributed by atoms with E-state index in [-0.39, 0.29) is 22.9 Å². The van der Waals surface area contributed by atoms with Crippen molar-refractivity contribution < 1.29 is 18.7 Å². The molecule has 110 valence electrons. The zero-order chi connectivity index (χ0) is 14.7. The number of aliphatic hydroxyl groups is 1. The lowest BCUT2D eigenvalue weighted by Crippen LogP contribution is -2.41. The fourth-order valence-electron chi connectivity index (χ4n) is 2.22. The standard InChI is InChI=1S/C13H15ClF2N2O2/c14-10-5-7(15)6-11(16)12(10)18-13(20)17-8-1-3-9(19)4-2-8/h5-6,8-9,19H,1-4H2,(H2,17,18,20). The van der Waals surface area contributed by atoms with Gasteiger partial charge in [-0.25, -0.2) is 13.6 Å². The molecule has 4 nitrogen and oxygen atoms in total. The summed E-state index contributed by atoms with van der Waals surface area (Å²) in [5, 5.41) is 14.1. The minimum absolute atomic E-state index is 0.0688. The van der Waals surface area contributed by atoms with E-state index in [2.05, 4.69) is 10.6 Å². The van der Waals surface area contributed by atoms with E-state index < -0.39 is 17.7 Å². The van der Waals surface area contributed by atoms with Crippen LogP contribution in [-0.2, 0) is 0 Å². The third-order valence-electron chi connectivity index (χ3n) is 3.28. The summed E-state index contributed by atoms with van der Waals surface area (Å²) in [6.07, 6.45) is 2.25. The predicted octanol–water partition coefficient (Wildman–Crippen LogP) is 3.04. The van der Waals surface area contributed by atoms with Crippen molar-refractivity contribution in [1.82, 2.24) is 5.32 Å². The lowest BCUT2D eigenvalue weighted by atomic mass is 9.93. The molecule has 0 atom stereocenters. The SMILES string of the molecule is O=C(Nc1c(F)cc(F)cc1Cl)NC1CCC(O)CC1. The summed E-state index contributed by atoms with van der Waals surface area (Å²) in [7, 11) is 0. The highest BCUT2D eigenvalue weighted by atomic mass is 35.5. The van der Waals surface area contributed by atoms with Crippen molar-refractivity contribution in [2.75, 3.05) is 5.32 Å². The maximum Gasteiger partial charge on any atom is 0.319 e. The number of nitrogens with one attached hydrogen (secondary N) is 2. The second-order valence-corrected chi connectivity index (χ2v) is 5.26. The topological polar surface area (TPSA) is 61.4 Å². The summed E-state index contributed by atoms with van der Waals surface area (Å²) >= 11 is 5.69. The van der Waals surface area contributed by atoms with Crippen molar-refractivity contribution in [1.29, 1.82) is 0 Å². The first kappa shape index (κ1) is 15.0. The van der Waals surface area contributed by atoms with Crippen LogP contribution in [0.4, 0.5) is 19.3 Å². The molecule has 2 amide bonds. The highest BCUT2D eigenvalue weighted by Crippen LogP contribution is 2.26. The van der Waals surface area contributed by atoms with Gasteiger partial charge < -0.3 is 15.7 Å². The summed E-state index contributed by atoms with van der Waals surface area (Å²) in [6.45, 7) is 0. The number of hydrogen-bond acceptors (Lipinski definition) is 2. The van der Waals surface area contributed by atoms with Gasteiger partial charge in [0.15, 0.2) is 5.82 Å². The van der Waals surface area contributed by atoms with Crippen LogP contribution < -0.4 is 10.6 Å². The highest BCUT2D eigenvalue weighted by Gasteiger charge is 2.21. The molecular weight excluding hydrogens is 290 g/mol. The number of halogens is 3. The molecule has 0 radical (unpaired) electrons. The minimum atomic E-state index is -0.927. The van der Waals surface area contributed by atoms with Crippen LogP contribution in [0.5, 0.6) is 0 Å². The number of rotatable bonds is 2. The molecule has 0 spiro atoms. The summed E-state index contributed by atoms with van der Waals surface area (Å²) in [6, 6.07) is 0.912. The fourth-order valence-corrected chi connectivity index (χ4v) is 2.46. The van der Waals surface area contributed by atoms with E-state index in [1.165, 1.54) is 0 Å². The van der Waals surface area contributed by atoms with Crippen LogP contribution in [0.2, 0.25) is 5.02 Å². The van der Waals surface area contributed by atoms with Gasteiger partial charge in [-0.05, 0) is 31.7 Å². The van der Waals surface area contributed by atoms with Gasteiger partial charge in [0.25, 0.3) is 0 Å². The molecule has 1 aliphatic carbocycles. The molecule has 0 aromatic heterocycles. The number of benzene rings is 1. The number of carbonyl (C=O) groups excluding carboxylic acids is 1. The molecule has 1 aliphatic rings. The largest absolute Gasteiger partial charge is 0.393 e. The molecular formula is C13H15ClF2N2O2. The van der Waals surface area contributed by atoms with Crippen LogP contribution >= 0.6 is 11.6 Å². The number of amides is 2. The summed E-state index contributed by atoms with van der Waals surface area (Å²) in [5.74, 6) is -1.73. The molecule has 1 fully saturated rings. The number of hydrogen-bond donors (Lipinski definition) is 3. The first-order valence-electron chi connectivity index (χ1n) is 6.36. The predicted molar refractivity (Wildman–Crippen MR) is 71.8 cm³/mol. The molecule has 0 saturated heterocycles. The highest BCUT2D eigenvalue weighted by molar-refractivity contribution is 6.33. The average Bonchev–Trinajstić information content (AvgIpc) is 2.36. The molecule has 1 aromatic carbocycles. The number of anilines is 1. The summed E-state index contributed by atoms with van der Waals surface area (Å²) in [4.78, 5) is 11.7. The zero-order valence-electron chi connectivity index (χ0n) is 10.6. The van der Waals surface area contributed by atoms with Crippen molar-refractivity contribution in [2.45, 2.75) is 37.8 Å². The monoisotopic (exact) mass is 304 g/mol. The van der Waals surface area contributed by atoms with Gasteiger partial charge in [0.1, 0.15) is 5.82 Å². The Hall–Kier alpha value is -1.40. The zero-order valence-corrected chi connectivity index (χ0v) is 11.4. The molecule has 3 N–H and O–H groups in total. The van der Waals surface area contributed by atoms with E-state index in [1.54, 1.807) is 0 Å². The second-order valence-electron chi connectivity index (χ2n) is 4.85. The van der Waals surface area contributed by atoms with Gasteiger partial charge in [0.05, 0.1) is 16.8 Å². The second kappa shape index (κ2) is 6.37. The van der Waals surface area contributed by atoms with Crippen LogP contribution in [0, 0.1) is 11.6 Å². The van der Waals surface area contributed by atoms with E-state index in [4.69, 9.17) is 11.6 Å². The quantitative estimate of drug-likeness (QED) is 0.786. The van der Waals surface area contributed by atoms with E-state index in [0.29, 0.717) is 31.7 Å². The first-order chi connectivity index (χ1) is 9.45. The molecule has 0 unspecified atom stereocenters. The van der Waals surface area contributed by atoms with E-state index >= 15 is 0 Å². The first-order valence-corrected chi connectivity index (χ1v) is 6.73. The molecule has 1 saturated carbocycles. The van der Waals surface area contributed by atoms with Crippen molar-refractivity contribution in [3.8, 4) is 0 Å². The maximum absolute atomic E-state index is 13.5. The number of aliphatic hydroxyl groups excluding tert-OH is 1. The van der Waals surface area contributed by atoms with Gasteiger partial charge in [0.2, 0.25) is 0 Å². The van der Waals surface area contributed by atoms with Crippen LogP contribution in [-0.4, -0.2) is 23.3 Å². The van der Waals surface area contributed by atoms with Gasteiger partial charge in [-0.1, -0.05) is 11.6 Å². The molecule has 2 rings (SSSR count). The Morgan fingerprint density at radius 2 is 1.90 bits per heavy atom. The average molecular weight is 305 g/mol. The summed E-state index contributed by atoms with van der Waals surface area (Å²) in [5.41, 5.74) is -0.249. The Bertz CT molecular complexity index is 482. The Morgan fingerprint density at radius 1 is 1.25 bits per heavy atom. The van der Waals surface area contributed by atoms with Gasteiger partial charge in [-0.2, -0.15) is 0 Å². The molecule has 1 aromatic rings. The van der Waals surface area contributed by atoms with Crippen LogP contribution in [0.15, 0.2) is 12.1 Å². The van der Waals surface area contributed by atoms with Crippen LogP contribution in [0.3, 0.4) is 0 Å². The van der Waals surface area contributed by atoms with Crippen LogP contribution in [0.1, 0.15) is 25.7 Å². The smallest absolute Gasteiger partial charge is 0.319 e. The molecule has 20 heavy (non-hydrogen) atoms. The third-order valence-corrected chi connectivity index (χ3v) is 3.58. The van der Waals surface area contributed by atoms with E-state index in [9.17, 15) is 18.7 Å². The van der Waals surface area contributed by atoms with Crippen molar-refractivity contribution >= 4 is 23.3 Å². The van der Waals surface area contributed by atoms with Gasteiger partial charge in [-0.15, -0.1) is 0 Å². The fraction of sp³-hybridized carbons (Fsp3) is 0.462. The molecule has 7 heteroatoms. The van der Waals surface area contributed by atoms with Crippen molar-refractivity contribution in [3.63, 3.8) is 0 Å². The number of urea groups is 1. The van der Waals surface area contributed by atoms with Crippen LogP contribution in [0.25, 0.3) is 0 Å². The van der Waals surface area contributed by atoms with Gasteiger partial charge in [-0.3, -0.25) is 0 Å². The lowest BCUT2D eigenvalue weighted by Gasteiger charge is -2.26. The normalized spacial score (nSPS) is 22.4.